The highest BCUT2D eigenvalue weighted by Gasteiger charge is 2.26. The van der Waals surface area contributed by atoms with Crippen molar-refractivity contribution in [1.82, 2.24) is 5.17 Å². The third-order valence-electron chi connectivity index (χ3n) is 6.67. The van der Waals surface area contributed by atoms with E-state index in [2.05, 4.69) is 5.32 Å². The van der Waals surface area contributed by atoms with Crippen molar-refractivity contribution in [3.63, 3.8) is 0 Å². The predicted molar refractivity (Wildman–Crippen MR) is 158 cm³/mol. The first-order valence-electron chi connectivity index (χ1n) is 12.8. The molecule has 1 aliphatic heterocycles. The van der Waals surface area contributed by atoms with Gasteiger partial charge in [-0.3, -0.25) is 9.59 Å². The number of nitrogens with one attached hydrogen (secondary N) is 1. The van der Waals surface area contributed by atoms with Gasteiger partial charge < -0.3 is 15.3 Å². The lowest BCUT2D eigenvalue weighted by molar-refractivity contribution is -0.121. The summed E-state index contributed by atoms with van der Waals surface area (Å²) in [4.78, 5) is 39.2. The number of carbonyl (C=O) groups is 3. The van der Waals surface area contributed by atoms with E-state index in [-0.39, 0.29) is 30.2 Å². The first-order valence-corrected chi connectivity index (χ1v) is 13.9. The summed E-state index contributed by atoms with van der Waals surface area (Å²) in [5.74, 6) is 4.49. The zero-order chi connectivity index (χ0) is 28.8. The first kappa shape index (κ1) is 29.0. The summed E-state index contributed by atoms with van der Waals surface area (Å²) in [6, 6.07) is 20.1. The minimum Gasteiger partial charge on any atom is -0.478 e. The van der Waals surface area contributed by atoms with Gasteiger partial charge in [0.05, 0.1) is 11.3 Å². The number of aryl methyl sites for hydroxylation is 1. The second kappa shape index (κ2) is 12.9. The van der Waals surface area contributed by atoms with Crippen LogP contribution in [0.2, 0.25) is 0 Å². The van der Waals surface area contributed by atoms with Gasteiger partial charge in [0.15, 0.2) is 5.78 Å². The van der Waals surface area contributed by atoms with E-state index in [9.17, 15) is 19.5 Å². The number of hydrogen-bond donors (Lipinski definition) is 3. The molecule has 9 nitrogen and oxygen atoms in total. The second-order valence-electron chi connectivity index (χ2n) is 9.40. The standard InChI is InChI=1S/C30H32N4O5S/c1-19-17-23(30(37)38)9-11-25(19)28(20(2)35)29(21-7-5-4-6-8-21)32-24-10-12-26-22(18-24)13-15-33(26)27(36)14-16-34(31)39-40-3/h4-12,17-18,32H,13-16,31H2,1-3H3,(H,37,38)/b29-28+. The van der Waals surface area contributed by atoms with E-state index in [0.717, 1.165) is 39.7 Å². The number of aromatic carboxylic acids is 1. The Labute approximate surface area is 237 Å². The van der Waals surface area contributed by atoms with E-state index < -0.39 is 5.97 Å². The van der Waals surface area contributed by atoms with Crippen LogP contribution >= 0.6 is 12.0 Å². The third kappa shape index (κ3) is 6.60. The van der Waals surface area contributed by atoms with Crippen LogP contribution in [-0.2, 0) is 20.3 Å². The lowest BCUT2D eigenvalue weighted by Gasteiger charge is -2.21. The molecular formula is C30H32N4O5S. The summed E-state index contributed by atoms with van der Waals surface area (Å²) in [5, 5.41) is 14.0. The maximum Gasteiger partial charge on any atom is 0.335 e. The Kier molecular flexibility index (Phi) is 9.38. The van der Waals surface area contributed by atoms with Crippen molar-refractivity contribution in [2.45, 2.75) is 26.7 Å². The fourth-order valence-corrected chi connectivity index (χ4v) is 5.08. The Morgan fingerprint density at radius 3 is 2.48 bits per heavy atom. The molecule has 0 unspecified atom stereocenters. The Morgan fingerprint density at radius 1 is 1.07 bits per heavy atom. The van der Waals surface area contributed by atoms with Crippen molar-refractivity contribution in [2.24, 2.45) is 5.84 Å². The number of hydrazine groups is 1. The van der Waals surface area contributed by atoms with Crippen molar-refractivity contribution in [3.8, 4) is 0 Å². The van der Waals surface area contributed by atoms with Crippen molar-refractivity contribution < 1.29 is 23.8 Å². The van der Waals surface area contributed by atoms with Gasteiger partial charge in [0, 0.05) is 54.8 Å². The molecule has 1 aliphatic rings. The second-order valence-corrected chi connectivity index (χ2v) is 9.89. The monoisotopic (exact) mass is 560 g/mol. The Morgan fingerprint density at radius 2 is 1.82 bits per heavy atom. The average Bonchev–Trinajstić information content (AvgIpc) is 3.36. The molecular weight excluding hydrogens is 528 g/mol. The van der Waals surface area contributed by atoms with Crippen molar-refractivity contribution in [2.75, 3.05) is 29.6 Å². The van der Waals surface area contributed by atoms with E-state index in [1.807, 2.05) is 48.5 Å². The zero-order valence-corrected chi connectivity index (χ0v) is 23.5. The number of nitrogens with two attached hydrogens (primary N) is 1. The molecule has 0 spiro atoms. The number of hydroxylamine groups is 1. The van der Waals surface area contributed by atoms with E-state index in [4.69, 9.17) is 10.1 Å². The molecule has 208 valence electrons. The number of hydrogen-bond acceptors (Lipinski definition) is 8. The minimum atomic E-state index is -1.02. The number of allylic oxidation sites excluding steroid dienone is 1. The number of Topliss-reactive ketones (excluding diaryl/α,β-unsaturated/α-hetero) is 1. The molecule has 4 N–H and O–H groups in total. The van der Waals surface area contributed by atoms with Gasteiger partial charge in [0.2, 0.25) is 5.91 Å². The fraction of sp³-hybridized carbons (Fsp3) is 0.233. The van der Waals surface area contributed by atoms with Gasteiger partial charge in [-0.25, -0.2) is 14.9 Å². The fourth-order valence-electron chi connectivity index (χ4n) is 4.82. The molecule has 0 aliphatic carbocycles. The van der Waals surface area contributed by atoms with Crippen LogP contribution in [0.3, 0.4) is 0 Å². The van der Waals surface area contributed by atoms with Crippen LogP contribution in [-0.4, -0.2) is 47.3 Å². The minimum absolute atomic E-state index is 0.0383. The molecule has 4 rings (SSSR count). The van der Waals surface area contributed by atoms with Crippen LogP contribution in [0.5, 0.6) is 0 Å². The quantitative estimate of drug-likeness (QED) is 0.0984. The summed E-state index contributed by atoms with van der Waals surface area (Å²) >= 11 is 1.11. The number of rotatable bonds is 11. The van der Waals surface area contributed by atoms with Gasteiger partial charge in [-0.2, -0.15) is 0 Å². The molecule has 3 aromatic rings. The zero-order valence-electron chi connectivity index (χ0n) is 22.6. The van der Waals surface area contributed by atoms with Crippen LogP contribution in [0.25, 0.3) is 11.3 Å². The van der Waals surface area contributed by atoms with Gasteiger partial charge in [0.25, 0.3) is 0 Å². The van der Waals surface area contributed by atoms with Crippen LogP contribution in [0.1, 0.15) is 46.0 Å². The molecule has 0 saturated heterocycles. The maximum atomic E-state index is 13.1. The molecule has 1 heterocycles. The summed E-state index contributed by atoms with van der Waals surface area (Å²) in [6.45, 7) is 4.15. The normalized spacial score (nSPS) is 13.2. The topological polar surface area (TPSA) is 125 Å². The molecule has 0 aromatic heterocycles. The molecule has 0 saturated carbocycles. The summed E-state index contributed by atoms with van der Waals surface area (Å²) in [7, 11) is 0. The number of carboxylic acid groups (broad SMARTS) is 1. The van der Waals surface area contributed by atoms with E-state index in [1.165, 1.54) is 13.0 Å². The predicted octanol–water partition coefficient (Wildman–Crippen LogP) is 4.93. The number of fused-ring (bicyclic) bond motifs is 1. The van der Waals surface area contributed by atoms with Crippen molar-refractivity contribution >= 4 is 52.3 Å². The summed E-state index contributed by atoms with van der Waals surface area (Å²) in [6.07, 6.45) is 2.67. The largest absolute Gasteiger partial charge is 0.478 e. The van der Waals surface area contributed by atoms with Crippen LogP contribution < -0.4 is 16.1 Å². The Hall–Kier alpha value is -3.96. The number of nitrogens with zero attached hydrogens (tertiary/aromatic N) is 2. The SMILES string of the molecule is CSON(N)CCC(=O)N1CCc2cc(N/C(=C(\C(C)=O)c3ccc(C(=O)O)cc3C)c3ccccc3)ccc21. The van der Waals surface area contributed by atoms with Gasteiger partial charge in [0.1, 0.15) is 0 Å². The molecule has 40 heavy (non-hydrogen) atoms. The van der Waals surface area contributed by atoms with Crippen molar-refractivity contribution in [1.29, 1.82) is 0 Å². The molecule has 10 heteroatoms. The van der Waals surface area contributed by atoms with Gasteiger partial charge in [-0.1, -0.05) is 36.4 Å². The van der Waals surface area contributed by atoms with Gasteiger partial charge in [-0.05, 0) is 72.9 Å². The smallest absolute Gasteiger partial charge is 0.335 e. The van der Waals surface area contributed by atoms with Gasteiger partial charge >= 0.3 is 5.97 Å². The van der Waals surface area contributed by atoms with E-state index >= 15 is 0 Å². The molecule has 3 aromatic carbocycles. The van der Waals surface area contributed by atoms with Crippen molar-refractivity contribution in [3.05, 3.63) is 94.5 Å². The summed E-state index contributed by atoms with van der Waals surface area (Å²) < 4.78 is 5.10. The molecule has 0 bridgehead atoms. The van der Waals surface area contributed by atoms with Crippen LogP contribution in [0, 0.1) is 6.92 Å². The lowest BCUT2D eigenvalue weighted by Crippen LogP contribution is -2.35. The number of carbonyl (C=O) groups excluding carboxylic acids is 2. The lowest BCUT2D eigenvalue weighted by atomic mass is 9.92. The first-order chi connectivity index (χ1) is 19.2. The highest BCUT2D eigenvalue weighted by Crippen LogP contribution is 2.35. The molecule has 0 fully saturated rings. The molecule has 0 atom stereocenters. The highest BCUT2D eigenvalue weighted by atomic mass is 32.2. The Bertz CT molecular complexity index is 1460. The van der Waals surface area contributed by atoms with E-state index in [0.29, 0.717) is 35.4 Å². The van der Waals surface area contributed by atoms with E-state index in [1.54, 1.807) is 30.2 Å². The number of ketones is 1. The van der Waals surface area contributed by atoms with Crippen LogP contribution in [0.4, 0.5) is 11.4 Å². The Balaban J connectivity index is 1.69. The number of anilines is 2. The maximum absolute atomic E-state index is 13.1. The van der Waals surface area contributed by atoms with Gasteiger partial charge in [-0.15, -0.1) is 5.17 Å². The number of carboxylic acids is 1. The summed E-state index contributed by atoms with van der Waals surface area (Å²) in [5.41, 5.74) is 6.01. The average molecular weight is 561 g/mol. The third-order valence-corrected chi connectivity index (χ3v) is 7.01. The molecule has 0 radical (unpaired) electrons. The highest BCUT2D eigenvalue weighted by molar-refractivity contribution is 7.93. The number of benzene rings is 3. The van der Waals surface area contributed by atoms with Crippen LogP contribution in [0.15, 0.2) is 66.7 Å². The molecule has 1 amide bonds. The number of amides is 1.